The minimum absolute atomic E-state index is 0.627. The monoisotopic (exact) mass is 490 g/mol. The number of ether oxygens (including phenoxy) is 3. The topological polar surface area (TPSA) is 27.7 Å². The van der Waals surface area contributed by atoms with Crippen LogP contribution in [0.1, 0.15) is 16.7 Å². The van der Waals surface area contributed by atoms with Gasteiger partial charge in [-0.25, -0.2) is 0 Å². The highest BCUT2D eigenvalue weighted by molar-refractivity contribution is 9.09. The molecule has 0 aliphatic heterocycles. The van der Waals surface area contributed by atoms with Crippen molar-refractivity contribution >= 4 is 26.7 Å². The molecule has 3 nitrogen and oxygen atoms in total. The van der Waals surface area contributed by atoms with E-state index in [-0.39, 0.29) is 0 Å². The third kappa shape index (κ3) is 4.76. The van der Waals surface area contributed by atoms with Gasteiger partial charge in [-0.15, -0.1) is 0 Å². The van der Waals surface area contributed by atoms with Gasteiger partial charge in [-0.3, -0.25) is 0 Å². The van der Waals surface area contributed by atoms with Crippen LogP contribution in [0.25, 0.3) is 21.9 Å². The summed E-state index contributed by atoms with van der Waals surface area (Å²) in [5.74, 6) is 2.59. The maximum atomic E-state index is 5.90. The van der Waals surface area contributed by atoms with Crippen molar-refractivity contribution in [1.29, 1.82) is 0 Å². The van der Waals surface area contributed by atoms with E-state index >= 15 is 0 Å². The van der Waals surface area contributed by atoms with Gasteiger partial charge in [0.2, 0.25) is 0 Å². The molecule has 4 aromatic rings. The number of rotatable bonds is 8. The van der Waals surface area contributed by atoms with Crippen LogP contribution in [0.5, 0.6) is 17.2 Å². The van der Waals surface area contributed by atoms with E-state index in [4.69, 9.17) is 14.2 Å². The predicted octanol–water partition coefficient (Wildman–Crippen LogP) is 7.20. The van der Waals surface area contributed by atoms with Gasteiger partial charge in [-0.2, -0.15) is 0 Å². The fourth-order valence-electron chi connectivity index (χ4n) is 4.13. The Kier molecular flexibility index (Phi) is 7.01. The Morgan fingerprint density at radius 2 is 1.53 bits per heavy atom. The standard InChI is InChI=1S/C28H27BrO3/c1-19-14-21-10-11-24(31-3)18-27(21)28(22-7-5-9-25(17-22)32-13-12-29)26(19)16-20-6-4-8-23(15-20)30-2/h4-11,14-15,17-18H,12-13,16H2,1-3H3. The lowest BCUT2D eigenvalue weighted by molar-refractivity contribution is 0.345. The molecule has 0 saturated heterocycles. The van der Waals surface area contributed by atoms with E-state index in [2.05, 4.69) is 71.4 Å². The summed E-state index contributed by atoms with van der Waals surface area (Å²) in [6, 6.07) is 25.2. The Morgan fingerprint density at radius 3 is 2.31 bits per heavy atom. The zero-order valence-corrected chi connectivity index (χ0v) is 20.2. The molecule has 0 spiro atoms. The van der Waals surface area contributed by atoms with Gasteiger partial charge in [0.25, 0.3) is 0 Å². The van der Waals surface area contributed by atoms with Crippen LogP contribution in [-0.2, 0) is 6.42 Å². The van der Waals surface area contributed by atoms with Crippen LogP contribution >= 0.6 is 15.9 Å². The first-order valence-electron chi connectivity index (χ1n) is 10.7. The summed E-state index contributed by atoms with van der Waals surface area (Å²) in [6.07, 6.45) is 0.804. The smallest absolute Gasteiger partial charge is 0.119 e. The zero-order chi connectivity index (χ0) is 22.5. The van der Waals surface area contributed by atoms with Gasteiger partial charge in [-0.1, -0.05) is 52.3 Å². The Bertz CT molecular complexity index is 1230. The Morgan fingerprint density at radius 1 is 0.781 bits per heavy atom. The van der Waals surface area contributed by atoms with Gasteiger partial charge < -0.3 is 14.2 Å². The molecule has 4 aromatic carbocycles. The summed E-state index contributed by atoms with van der Waals surface area (Å²) < 4.78 is 16.9. The lowest BCUT2D eigenvalue weighted by Crippen LogP contribution is -2.00. The summed E-state index contributed by atoms with van der Waals surface area (Å²) in [7, 11) is 3.41. The third-order valence-electron chi connectivity index (χ3n) is 5.66. The van der Waals surface area contributed by atoms with Crippen LogP contribution in [-0.4, -0.2) is 26.2 Å². The minimum Gasteiger partial charge on any atom is -0.497 e. The summed E-state index contributed by atoms with van der Waals surface area (Å²) in [5, 5.41) is 3.16. The Labute approximate surface area is 198 Å². The molecule has 0 aliphatic carbocycles. The van der Waals surface area contributed by atoms with Crippen molar-refractivity contribution in [1.82, 2.24) is 0 Å². The minimum atomic E-state index is 0.627. The van der Waals surface area contributed by atoms with Gasteiger partial charge in [0, 0.05) is 5.33 Å². The molecule has 0 saturated carbocycles. The molecule has 0 atom stereocenters. The van der Waals surface area contributed by atoms with Crippen molar-refractivity contribution < 1.29 is 14.2 Å². The highest BCUT2D eigenvalue weighted by Gasteiger charge is 2.16. The summed E-state index contributed by atoms with van der Waals surface area (Å²) in [4.78, 5) is 0. The molecule has 164 valence electrons. The van der Waals surface area contributed by atoms with Crippen LogP contribution in [0.15, 0.2) is 72.8 Å². The normalized spacial score (nSPS) is 10.9. The van der Waals surface area contributed by atoms with E-state index in [1.54, 1.807) is 14.2 Å². The van der Waals surface area contributed by atoms with Crippen molar-refractivity contribution in [2.45, 2.75) is 13.3 Å². The first kappa shape index (κ1) is 22.2. The maximum absolute atomic E-state index is 5.90. The molecule has 0 aliphatic rings. The lowest BCUT2D eigenvalue weighted by Gasteiger charge is -2.19. The number of alkyl halides is 1. The lowest BCUT2D eigenvalue weighted by atomic mass is 9.87. The summed E-state index contributed by atoms with van der Waals surface area (Å²) in [6.45, 7) is 2.82. The number of fused-ring (bicyclic) bond motifs is 1. The zero-order valence-electron chi connectivity index (χ0n) is 18.7. The Hall–Kier alpha value is -2.98. The average Bonchev–Trinajstić information content (AvgIpc) is 2.83. The van der Waals surface area contributed by atoms with Crippen LogP contribution in [0.3, 0.4) is 0 Å². The molecular formula is C28H27BrO3. The number of hydrogen-bond donors (Lipinski definition) is 0. The molecule has 0 heterocycles. The Balaban J connectivity index is 1.93. The molecule has 4 rings (SSSR count). The summed E-state index contributed by atoms with van der Waals surface area (Å²) in [5.41, 5.74) is 6.11. The maximum Gasteiger partial charge on any atom is 0.119 e. The largest absolute Gasteiger partial charge is 0.497 e. The number of aryl methyl sites for hydroxylation is 1. The van der Waals surface area contributed by atoms with Gasteiger partial charge >= 0.3 is 0 Å². The van der Waals surface area contributed by atoms with Crippen molar-refractivity contribution in [3.05, 3.63) is 89.5 Å². The molecule has 0 N–H and O–H groups in total. The fraction of sp³-hybridized carbons (Fsp3) is 0.214. The van der Waals surface area contributed by atoms with Crippen LogP contribution in [0.2, 0.25) is 0 Å². The van der Waals surface area contributed by atoms with Crippen molar-refractivity contribution in [3.8, 4) is 28.4 Å². The van der Waals surface area contributed by atoms with Crippen LogP contribution < -0.4 is 14.2 Å². The molecule has 0 amide bonds. The van der Waals surface area contributed by atoms with E-state index in [0.717, 1.165) is 34.6 Å². The molecule has 4 heteroatoms. The van der Waals surface area contributed by atoms with Crippen LogP contribution in [0, 0.1) is 6.92 Å². The molecule has 0 fully saturated rings. The van der Waals surface area contributed by atoms with Gasteiger partial charge in [0.15, 0.2) is 0 Å². The van der Waals surface area contributed by atoms with E-state index < -0.39 is 0 Å². The van der Waals surface area contributed by atoms with Crippen LogP contribution in [0.4, 0.5) is 0 Å². The molecule has 0 unspecified atom stereocenters. The van der Waals surface area contributed by atoms with E-state index in [0.29, 0.717) is 6.61 Å². The molecular weight excluding hydrogens is 464 g/mol. The second-order valence-electron chi connectivity index (χ2n) is 7.73. The van der Waals surface area contributed by atoms with Gasteiger partial charge in [-0.05, 0) is 88.3 Å². The van der Waals surface area contributed by atoms with Crippen molar-refractivity contribution in [2.24, 2.45) is 0 Å². The number of halogens is 1. The first-order valence-corrected chi connectivity index (χ1v) is 11.8. The van der Waals surface area contributed by atoms with E-state index in [1.165, 1.54) is 33.0 Å². The summed E-state index contributed by atoms with van der Waals surface area (Å²) >= 11 is 3.44. The number of hydrogen-bond acceptors (Lipinski definition) is 3. The quantitative estimate of drug-likeness (QED) is 0.244. The fourth-order valence-corrected chi connectivity index (χ4v) is 4.29. The first-order chi connectivity index (χ1) is 15.6. The molecule has 0 bridgehead atoms. The average molecular weight is 491 g/mol. The second-order valence-corrected chi connectivity index (χ2v) is 8.52. The molecule has 0 radical (unpaired) electrons. The SMILES string of the molecule is COc1cccc(Cc2c(C)cc3ccc(OC)cc3c2-c2cccc(OCCBr)c2)c1. The predicted molar refractivity (Wildman–Crippen MR) is 136 cm³/mol. The highest BCUT2D eigenvalue weighted by Crippen LogP contribution is 2.38. The number of benzene rings is 4. The van der Waals surface area contributed by atoms with Gasteiger partial charge in [0.1, 0.15) is 17.2 Å². The van der Waals surface area contributed by atoms with E-state index in [1.807, 2.05) is 24.3 Å². The number of methoxy groups -OCH3 is 2. The molecule has 0 aromatic heterocycles. The highest BCUT2D eigenvalue weighted by atomic mass is 79.9. The van der Waals surface area contributed by atoms with E-state index in [9.17, 15) is 0 Å². The second kappa shape index (κ2) is 10.1. The van der Waals surface area contributed by atoms with Crippen molar-refractivity contribution in [2.75, 3.05) is 26.2 Å². The third-order valence-corrected chi connectivity index (χ3v) is 5.99. The van der Waals surface area contributed by atoms with Crippen molar-refractivity contribution in [3.63, 3.8) is 0 Å². The van der Waals surface area contributed by atoms with Gasteiger partial charge in [0.05, 0.1) is 20.8 Å². The molecule has 32 heavy (non-hydrogen) atoms.